The summed E-state index contributed by atoms with van der Waals surface area (Å²) in [6, 6.07) is -0.503. The topological polar surface area (TPSA) is 92.4 Å². The van der Waals surface area contributed by atoms with Crippen molar-refractivity contribution in [3.63, 3.8) is 0 Å². The van der Waals surface area contributed by atoms with Crippen LogP contribution in [0.15, 0.2) is 0 Å². The number of nitrogens with one attached hydrogen (secondary N) is 1. The largest absolute Gasteiger partial charge is 0.481 e. The number of hydrogen-bond donors (Lipinski definition) is 3. The van der Waals surface area contributed by atoms with Crippen LogP contribution >= 0.6 is 0 Å². The van der Waals surface area contributed by atoms with Crippen molar-refractivity contribution in [3.8, 4) is 0 Å². The molecule has 0 spiro atoms. The Balaban J connectivity index is 2.43. The Morgan fingerprint density at radius 3 is 2.44 bits per heavy atom. The SMILES string of the molecule is CCC(C)[C@H](N)C(=O)NCC1(CC(=O)O)CCC1. The van der Waals surface area contributed by atoms with Gasteiger partial charge in [-0.2, -0.15) is 0 Å². The fourth-order valence-electron chi connectivity index (χ4n) is 2.32. The lowest BCUT2D eigenvalue weighted by molar-refractivity contribution is -0.142. The van der Waals surface area contributed by atoms with E-state index in [1.54, 1.807) is 0 Å². The summed E-state index contributed by atoms with van der Waals surface area (Å²) in [5.74, 6) is -0.821. The Hall–Kier alpha value is -1.10. The number of hydrogen-bond acceptors (Lipinski definition) is 3. The minimum absolute atomic E-state index is 0.131. The van der Waals surface area contributed by atoms with E-state index in [2.05, 4.69) is 5.32 Å². The van der Waals surface area contributed by atoms with E-state index in [9.17, 15) is 9.59 Å². The second kappa shape index (κ2) is 6.18. The van der Waals surface area contributed by atoms with Gasteiger partial charge < -0.3 is 16.2 Å². The van der Waals surface area contributed by atoms with Gasteiger partial charge in [-0.25, -0.2) is 0 Å². The Bertz CT molecular complexity index is 313. The van der Waals surface area contributed by atoms with Crippen molar-refractivity contribution < 1.29 is 14.7 Å². The zero-order chi connectivity index (χ0) is 13.8. The molecule has 104 valence electrons. The summed E-state index contributed by atoms with van der Waals surface area (Å²) in [6.45, 7) is 4.37. The molecule has 1 rings (SSSR count). The molecule has 5 nitrogen and oxygen atoms in total. The zero-order valence-electron chi connectivity index (χ0n) is 11.2. The maximum atomic E-state index is 11.8. The number of nitrogens with two attached hydrogens (primary N) is 1. The van der Waals surface area contributed by atoms with E-state index in [0.717, 1.165) is 25.7 Å². The second-order valence-corrected chi connectivity index (χ2v) is 5.55. The lowest BCUT2D eigenvalue weighted by Gasteiger charge is -2.41. The first-order valence-corrected chi connectivity index (χ1v) is 6.65. The third kappa shape index (κ3) is 3.70. The normalized spacial score (nSPS) is 20.6. The smallest absolute Gasteiger partial charge is 0.303 e. The molecule has 4 N–H and O–H groups in total. The third-order valence-corrected chi connectivity index (χ3v) is 4.14. The Morgan fingerprint density at radius 2 is 2.06 bits per heavy atom. The van der Waals surface area contributed by atoms with Crippen molar-refractivity contribution in [3.05, 3.63) is 0 Å². The van der Waals surface area contributed by atoms with Crippen molar-refractivity contribution in [2.45, 2.75) is 52.0 Å². The summed E-state index contributed by atoms with van der Waals surface area (Å²) in [4.78, 5) is 22.6. The van der Waals surface area contributed by atoms with Crippen LogP contribution in [0, 0.1) is 11.3 Å². The van der Waals surface area contributed by atoms with Crippen LogP contribution in [-0.4, -0.2) is 29.6 Å². The van der Waals surface area contributed by atoms with Crippen LogP contribution < -0.4 is 11.1 Å². The van der Waals surface area contributed by atoms with Crippen LogP contribution in [-0.2, 0) is 9.59 Å². The van der Waals surface area contributed by atoms with Gasteiger partial charge in [-0.1, -0.05) is 26.7 Å². The Kier molecular flexibility index (Phi) is 5.14. The minimum atomic E-state index is -0.796. The van der Waals surface area contributed by atoms with Crippen LogP contribution in [0.5, 0.6) is 0 Å². The molecule has 1 aliphatic carbocycles. The van der Waals surface area contributed by atoms with Gasteiger partial charge >= 0.3 is 5.97 Å². The first-order chi connectivity index (χ1) is 8.40. The van der Waals surface area contributed by atoms with Crippen molar-refractivity contribution >= 4 is 11.9 Å². The highest BCUT2D eigenvalue weighted by Crippen LogP contribution is 2.43. The summed E-state index contributed by atoms with van der Waals surface area (Å²) in [6.07, 6.45) is 3.78. The van der Waals surface area contributed by atoms with Crippen LogP contribution in [0.2, 0.25) is 0 Å². The van der Waals surface area contributed by atoms with Crippen LogP contribution in [0.3, 0.4) is 0 Å². The number of aliphatic carboxylic acids is 1. The van der Waals surface area contributed by atoms with Gasteiger partial charge in [0.2, 0.25) is 5.91 Å². The molecule has 0 aromatic heterocycles. The van der Waals surface area contributed by atoms with E-state index in [1.165, 1.54) is 0 Å². The maximum absolute atomic E-state index is 11.8. The summed E-state index contributed by atoms with van der Waals surface area (Å²) in [5, 5.41) is 11.7. The van der Waals surface area contributed by atoms with Gasteiger partial charge in [0.1, 0.15) is 0 Å². The molecule has 2 atom stereocenters. The van der Waals surface area contributed by atoms with Crippen molar-refractivity contribution in [1.29, 1.82) is 0 Å². The van der Waals surface area contributed by atoms with Crippen molar-refractivity contribution in [2.75, 3.05) is 6.54 Å². The van der Waals surface area contributed by atoms with Gasteiger partial charge in [0.15, 0.2) is 0 Å². The summed E-state index contributed by atoms with van der Waals surface area (Å²) < 4.78 is 0. The molecule has 0 aromatic rings. The van der Waals surface area contributed by atoms with E-state index in [4.69, 9.17) is 10.8 Å². The Morgan fingerprint density at radius 1 is 1.44 bits per heavy atom. The van der Waals surface area contributed by atoms with E-state index >= 15 is 0 Å². The van der Waals surface area contributed by atoms with Crippen LogP contribution in [0.25, 0.3) is 0 Å². The molecule has 0 radical (unpaired) electrons. The molecule has 1 saturated carbocycles. The summed E-state index contributed by atoms with van der Waals surface area (Å²) in [5.41, 5.74) is 5.59. The molecule has 5 heteroatoms. The molecule has 0 heterocycles. The molecule has 0 aromatic carbocycles. The summed E-state index contributed by atoms with van der Waals surface area (Å²) in [7, 11) is 0. The number of rotatable bonds is 7. The summed E-state index contributed by atoms with van der Waals surface area (Å²) >= 11 is 0. The van der Waals surface area contributed by atoms with Crippen LogP contribution in [0.4, 0.5) is 0 Å². The molecular weight excluding hydrogens is 232 g/mol. The van der Waals surface area contributed by atoms with E-state index in [-0.39, 0.29) is 23.7 Å². The molecule has 0 bridgehead atoms. The van der Waals surface area contributed by atoms with Gasteiger partial charge in [0.05, 0.1) is 12.5 Å². The third-order valence-electron chi connectivity index (χ3n) is 4.14. The predicted octanol–water partition coefficient (Wildman–Crippen LogP) is 1.12. The van der Waals surface area contributed by atoms with Crippen molar-refractivity contribution in [2.24, 2.45) is 17.1 Å². The monoisotopic (exact) mass is 256 g/mol. The molecule has 0 saturated heterocycles. The van der Waals surface area contributed by atoms with E-state index in [0.29, 0.717) is 6.54 Å². The average Bonchev–Trinajstić information content (AvgIpc) is 2.29. The minimum Gasteiger partial charge on any atom is -0.481 e. The highest BCUT2D eigenvalue weighted by molar-refractivity contribution is 5.81. The highest BCUT2D eigenvalue weighted by atomic mass is 16.4. The van der Waals surface area contributed by atoms with Gasteiger partial charge in [0, 0.05) is 6.54 Å². The fourth-order valence-corrected chi connectivity index (χ4v) is 2.32. The maximum Gasteiger partial charge on any atom is 0.303 e. The molecule has 18 heavy (non-hydrogen) atoms. The van der Waals surface area contributed by atoms with Gasteiger partial charge in [-0.3, -0.25) is 9.59 Å². The van der Waals surface area contributed by atoms with Gasteiger partial charge in [0.25, 0.3) is 0 Å². The van der Waals surface area contributed by atoms with Gasteiger partial charge in [-0.05, 0) is 24.2 Å². The van der Waals surface area contributed by atoms with E-state index < -0.39 is 12.0 Å². The Labute approximate surface area is 108 Å². The number of carboxylic acid groups (broad SMARTS) is 1. The first kappa shape index (κ1) is 15.0. The molecule has 1 aliphatic rings. The number of carbonyl (C=O) groups excluding carboxylic acids is 1. The molecule has 1 fully saturated rings. The zero-order valence-corrected chi connectivity index (χ0v) is 11.2. The van der Waals surface area contributed by atoms with Crippen LogP contribution in [0.1, 0.15) is 46.0 Å². The average molecular weight is 256 g/mol. The standard InChI is InChI=1S/C13H24N2O3/c1-3-9(2)11(14)12(18)15-8-13(5-4-6-13)7-10(16)17/h9,11H,3-8,14H2,1-2H3,(H,15,18)(H,16,17)/t9?,11-/m0/s1. The molecule has 1 amide bonds. The van der Waals surface area contributed by atoms with E-state index in [1.807, 2.05) is 13.8 Å². The number of amides is 1. The van der Waals surface area contributed by atoms with Crippen molar-refractivity contribution in [1.82, 2.24) is 5.32 Å². The lowest BCUT2D eigenvalue weighted by atomic mass is 9.66. The first-order valence-electron chi connectivity index (χ1n) is 6.65. The molecular formula is C13H24N2O3. The molecule has 0 aliphatic heterocycles. The molecule has 1 unspecified atom stereocenters. The highest BCUT2D eigenvalue weighted by Gasteiger charge is 2.39. The lowest BCUT2D eigenvalue weighted by Crippen LogP contribution is -2.50. The number of carbonyl (C=O) groups is 2. The quantitative estimate of drug-likeness (QED) is 0.636. The van der Waals surface area contributed by atoms with Gasteiger partial charge in [-0.15, -0.1) is 0 Å². The second-order valence-electron chi connectivity index (χ2n) is 5.55. The predicted molar refractivity (Wildman–Crippen MR) is 69.0 cm³/mol. The number of carboxylic acids is 1. The fraction of sp³-hybridized carbons (Fsp3) is 0.846.